The molecule has 0 spiro atoms. The maximum absolute atomic E-state index is 14.5. The van der Waals surface area contributed by atoms with Gasteiger partial charge in [-0.25, -0.2) is 4.39 Å². The first kappa shape index (κ1) is 21.9. The molecule has 4 nitrogen and oxygen atoms in total. The molecule has 1 amide bonds. The summed E-state index contributed by atoms with van der Waals surface area (Å²) < 4.78 is 19.6. The molecule has 142 valence electrons. The molecule has 0 aromatic heterocycles. The van der Waals surface area contributed by atoms with Crippen LogP contribution in [0.1, 0.15) is 24.2 Å². The maximum atomic E-state index is 14.5. The molecular formula is C20H26ClFN2O2. The van der Waals surface area contributed by atoms with E-state index in [-0.39, 0.29) is 29.3 Å². The Morgan fingerprint density at radius 1 is 1.15 bits per heavy atom. The van der Waals surface area contributed by atoms with Gasteiger partial charge in [0.05, 0.1) is 12.7 Å². The highest BCUT2D eigenvalue weighted by Gasteiger charge is 2.23. The first-order valence-corrected chi connectivity index (χ1v) is 8.17. The molecule has 0 saturated carbocycles. The first-order valence-electron chi connectivity index (χ1n) is 8.17. The number of ether oxygens (including phenoxy) is 1. The molecule has 0 radical (unpaired) electrons. The number of nitrogens with zero attached hydrogens (tertiary/aromatic N) is 1. The summed E-state index contributed by atoms with van der Waals surface area (Å²) in [5.41, 5.74) is 7.12. The van der Waals surface area contributed by atoms with Gasteiger partial charge in [0.1, 0.15) is 11.6 Å². The van der Waals surface area contributed by atoms with Gasteiger partial charge in [-0.1, -0.05) is 32.0 Å². The van der Waals surface area contributed by atoms with Crippen molar-refractivity contribution in [3.05, 3.63) is 53.8 Å². The zero-order valence-corrected chi connectivity index (χ0v) is 16.4. The summed E-state index contributed by atoms with van der Waals surface area (Å²) in [7, 11) is 3.26. The number of nitrogens with two attached hydrogens (primary N) is 1. The number of carbonyl (C=O) groups is 1. The van der Waals surface area contributed by atoms with Gasteiger partial charge in [-0.15, -0.1) is 12.4 Å². The second kappa shape index (κ2) is 9.01. The monoisotopic (exact) mass is 380 g/mol. The fraction of sp³-hybridized carbons (Fsp3) is 0.350. The summed E-state index contributed by atoms with van der Waals surface area (Å²) in [6.45, 7) is 4.85. The van der Waals surface area contributed by atoms with Crippen molar-refractivity contribution in [2.24, 2.45) is 11.1 Å². The number of halogens is 2. The van der Waals surface area contributed by atoms with Crippen LogP contribution < -0.4 is 10.5 Å². The Morgan fingerprint density at radius 2 is 1.73 bits per heavy atom. The van der Waals surface area contributed by atoms with E-state index in [0.29, 0.717) is 18.7 Å². The molecule has 0 fully saturated rings. The average molecular weight is 381 g/mol. The normalized spacial score (nSPS) is 10.8. The third kappa shape index (κ3) is 5.19. The lowest BCUT2D eigenvalue weighted by atomic mass is 9.93. The largest absolute Gasteiger partial charge is 0.497 e. The van der Waals surface area contributed by atoms with Crippen molar-refractivity contribution in [2.45, 2.75) is 13.8 Å². The van der Waals surface area contributed by atoms with Gasteiger partial charge in [0.25, 0.3) is 5.91 Å². The zero-order chi connectivity index (χ0) is 18.6. The highest BCUT2D eigenvalue weighted by atomic mass is 35.5. The molecule has 2 aromatic rings. The molecule has 0 bridgehead atoms. The minimum Gasteiger partial charge on any atom is -0.497 e. The standard InChI is InChI=1S/C20H25FN2O2.ClH/c1-20(2,12-22)13-23(3)19(24)17-10-7-15(11-18(17)21)14-5-8-16(25-4)9-6-14;/h5-11H,12-13,22H2,1-4H3;1H. The summed E-state index contributed by atoms with van der Waals surface area (Å²) in [5, 5.41) is 0. The SMILES string of the molecule is COc1ccc(-c2ccc(C(=O)N(C)CC(C)(C)CN)c(F)c2)cc1.Cl. The predicted molar refractivity (Wildman–Crippen MR) is 105 cm³/mol. The van der Waals surface area contributed by atoms with Gasteiger partial charge in [0.15, 0.2) is 0 Å². The van der Waals surface area contributed by atoms with Crippen LogP contribution >= 0.6 is 12.4 Å². The maximum Gasteiger partial charge on any atom is 0.256 e. The molecule has 0 aliphatic carbocycles. The highest BCUT2D eigenvalue weighted by molar-refractivity contribution is 5.95. The molecule has 2 rings (SSSR count). The molecule has 0 aliphatic heterocycles. The number of hydrogen-bond acceptors (Lipinski definition) is 3. The summed E-state index contributed by atoms with van der Waals surface area (Å²) in [4.78, 5) is 14.0. The van der Waals surface area contributed by atoms with E-state index in [1.807, 2.05) is 38.1 Å². The molecule has 0 unspecified atom stereocenters. The van der Waals surface area contributed by atoms with Crippen LogP contribution in [0.25, 0.3) is 11.1 Å². The quantitative estimate of drug-likeness (QED) is 0.824. The molecule has 6 heteroatoms. The molecule has 2 aromatic carbocycles. The van der Waals surface area contributed by atoms with Crippen LogP contribution in [0.3, 0.4) is 0 Å². The van der Waals surface area contributed by atoms with Gasteiger partial charge in [-0.05, 0) is 47.4 Å². The van der Waals surface area contributed by atoms with Crippen LogP contribution in [0.5, 0.6) is 5.75 Å². The molecule has 0 atom stereocenters. The number of methoxy groups -OCH3 is 1. The molecule has 0 saturated heterocycles. The van der Waals surface area contributed by atoms with Crippen molar-refractivity contribution in [1.82, 2.24) is 4.90 Å². The Hall–Kier alpha value is -2.11. The molecule has 0 heterocycles. The van der Waals surface area contributed by atoms with Crippen LogP contribution in [0.15, 0.2) is 42.5 Å². The highest BCUT2D eigenvalue weighted by Crippen LogP contribution is 2.25. The van der Waals surface area contributed by atoms with Crippen LogP contribution in [0.4, 0.5) is 4.39 Å². The number of hydrogen-bond donors (Lipinski definition) is 1. The van der Waals surface area contributed by atoms with E-state index in [4.69, 9.17) is 10.5 Å². The lowest BCUT2D eigenvalue weighted by Crippen LogP contribution is -2.40. The Bertz CT molecular complexity index is 748. The van der Waals surface area contributed by atoms with Crippen LogP contribution in [-0.4, -0.2) is 38.1 Å². The third-order valence-electron chi connectivity index (χ3n) is 4.19. The topological polar surface area (TPSA) is 55.6 Å². The fourth-order valence-electron chi connectivity index (χ4n) is 2.64. The second-order valence-electron chi connectivity index (χ2n) is 6.95. The van der Waals surface area contributed by atoms with Crippen LogP contribution in [0.2, 0.25) is 0 Å². The number of benzene rings is 2. The van der Waals surface area contributed by atoms with Crippen molar-refractivity contribution in [2.75, 3.05) is 27.2 Å². The summed E-state index contributed by atoms with van der Waals surface area (Å²) in [5.74, 6) is -0.142. The lowest BCUT2D eigenvalue weighted by molar-refractivity contribution is 0.0736. The van der Waals surface area contributed by atoms with Gasteiger partial charge in [-0.3, -0.25) is 4.79 Å². The lowest BCUT2D eigenvalue weighted by Gasteiger charge is -2.29. The van der Waals surface area contributed by atoms with Gasteiger partial charge in [-0.2, -0.15) is 0 Å². The molecule has 0 aliphatic rings. The number of rotatable bonds is 6. The van der Waals surface area contributed by atoms with E-state index in [0.717, 1.165) is 11.3 Å². The van der Waals surface area contributed by atoms with E-state index in [1.165, 1.54) is 17.0 Å². The van der Waals surface area contributed by atoms with Crippen LogP contribution in [-0.2, 0) is 0 Å². The Kier molecular flexibility index (Phi) is 7.60. The summed E-state index contributed by atoms with van der Waals surface area (Å²) in [6.07, 6.45) is 0. The summed E-state index contributed by atoms with van der Waals surface area (Å²) in [6, 6.07) is 12.0. The third-order valence-corrected chi connectivity index (χ3v) is 4.19. The molecule has 2 N–H and O–H groups in total. The molecule has 26 heavy (non-hydrogen) atoms. The molecular weight excluding hydrogens is 355 g/mol. The van der Waals surface area contributed by atoms with Crippen molar-refractivity contribution in [3.63, 3.8) is 0 Å². The minimum absolute atomic E-state index is 0. The Labute approximate surface area is 160 Å². The minimum atomic E-state index is -0.532. The Balaban J connectivity index is 0.00000338. The summed E-state index contributed by atoms with van der Waals surface area (Å²) >= 11 is 0. The van der Waals surface area contributed by atoms with Crippen molar-refractivity contribution >= 4 is 18.3 Å². The zero-order valence-electron chi connectivity index (χ0n) is 15.6. The predicted octanol–water partition coefficient (Wildman–Crippen LogP) is 3.98. The average Bonchev–Trinajstić information content (AvgIpc) is 2.60. The fourth-order valence-corrected chi connectivity index (χ4v) is 2.64. The van der Waals surface area contributed by atoms with E-state index >= 15 is 0 Å². The van der Waals surface area contributed by atoms with E-state index in [2.05, 4.69) is 0 Å². The van der Waals surface area contributed by atoms with E-state index < -0.39 is 5.82 Å². The van der Waals surface area contributed by atoms with Crippen molar-refractivity contribution < 1.29 is 13.9 Å². The number of amides is 1. The van der Waals surface area contributed by atoms with Gasteiger partial charge >= 0.3 is 0 Å². The van der Waals surface area contributed by atoms with E-state index in [1.54, 1.807) is 20.2 Å². The van der Waals surface area contributed by atoms with E-state index in [9.17, 15) is 9.18 Å². The van der Waals surface area contributed by atoms with Gasteiger partial charge in [0.2, 0.25) is 0 Å². The number of carbonyl (C=O) groups excluding carboxylic acids is 1. The van der Waals surface area contributed by atoms with Gasteiger partial charge in [0, 0.05) is 13.6 Å². The van der Waals surface area contributed by atoms with Crippen molar-refractivity contribution in [1.29, 1.82) is 0 Å². The first-order chi connectivity index (χ1) is 11.8. The van der Waals surface area contributed by atoms with Crippen LogP contribution in [0, 0.1) is 11.2 Å². The van der Waals surface area contributed by atoms with Gasteiger partial charge < -0.3 is 15.4 Å². The smallest absolute Gasteiger partial charge is 0.256 e. The second-order valence-corrected chi connectivity index (χ2v) is 6.95. The Morgan fingerprint density at radius 3 is 2.23 bits per heavy atom. The van der Waals surface area contributed by atoms with Crippen molar-refractivity contribution in [3.8, 4) is 16.9 Å².